The molecule has 0 radical (unpaired) electrons. The second-order valence-electron chi connectivity index (χ2n) is 4.51. The minimum atomic E-state index is 0.759. The average molecular weight is 222 g/mol. The van der Waals surface area contributed by atoms with E-state index in [0.717, 1.165) is 11.2 Å². The lowest BCUT2D eigenvalue weighted by atomic mass is 9.98. The monoisotopic (exact) mass is 222 g/mol. The number of benzene rings is 2. The number of rotatable bonds is 0. The summed E-state index contributed by atoms with van der Waals surface area (Å²) in [5.41, 5.74) is 10.1. The molecule has 2 heteroatoms. The third kappa shape index (κ3) is 1.45. The quantitative estimate of drug-likeness (QED) is 0.466. The van der Waals surface area contributed by atoms with E-state index in [-0.39, 0.29) is 0 Å². The zero-order valence-electron chi connectivity index (χ0n) is 9.99. The third-order valence-electron chi connectivity index (χ3n) is 3.40. The number of aromatic nitrogens is 1. The maximum atomic E-state index is 5.80. The molecule has 0 saturated carbocycles. The standard InChI is InChI=1S/C15H14N2/c1-9-3-4-11-8-17-14-7-12(16)5-6-13(14)15(11)10(9)2/h3-8H,16H2,1-2H3. The summed E-state index contributed by atoms with van der Waals surface area (Å²) in [6.45, 7) is 4.30. The summed E-state index contributed by atoms with van der Waals surface area (Å²) in [7, 11) is 0. The van der Waals surface area contributed by atoms with Crippen molar-refractivity contribution in [3.05, 3.63) is 47.7 Å². The molecule has 3 aromatic rings. The van der Waals surface area contributed by atoms with Crippen molar-refractivity contribution in [2.24, 2.45) is 0 Å². The molecule has 0 bridgehead atoms. The van der Waals surface area contributed by atoms with Gasteiger partial charge in [0.05, 0.1) is 5.52 Å². The van der Waals surface area contributed by atoms with Crippen molar-refractivity contribution in [2.45, 2.75) is 13.8 Å². The van der Waals surface area contributed by atoms with Gasteiger partial charge in [0.2, 0.25) is 0 Å². The number of hydrogen-bond acceptors (Lipinski definition) is 2. The molecule has 0 amide bonds. The lowest BCUT2D eigenvalue weighted by Gasteiger charge is -2.09. The molecule has 2 N–H and O–H groups in total. The van der Waals surface area contributed by atoms with E-state index in [1.54, 1.807) is 0 Å². The number of nitrogen functional groups attached to an aromatic ring is 1. The highest BCUT2D eigenvalue weighted by molar-refractivity contribution is 6.08. The van der Waals surface area contributed by atoms with Crippen LogP contribution in [0.5, 0.6) is 0 Å². The SMILES string of the molecule is Cc1ccc2cnc3cc(N)ccc3c2c1C. The van der Waals surface area contributed by atoms with Gasteiger partial charge in [-0.3, -0.25) is 4.98 Å². The molecule has 0 aliphatic carbocycles. The van der Waals surface area contributed by atoms with E-state index < -0.39 is 0 Å². The number of hydrogen-bond donors (Lipinski definition) is 1. The number of anilines is 1. The number of nitrogens with zero attached hydrogens (tertiary/aromatic N) is 1. The molecule has 0 unspecified atom stereocenters. The summed E-state index contributed by atoms with van der Waals surface area (Å²) in [6, 6.07) is 10.2. The molecule has 3 rings (SSSR count). The highest BCUT2D eigenvalue weighted by Crippen LogP contribution is 2.29. The minimum absolute atomic E-state index is 0.759. The molecule has 84 valence electrons. The topological polar surface area (TPSA) is 38.9 Å². The summed E-state index contributed by atoms with van der Waals surface area (Å²) in [4.78, 5) is 4.46. The fourth-order valence-electron chi connectivity index (χ4n) is 2.31. The molecule has 0 aliphatic rings. The van der Waals surface area contributed by atoms with Crippen LogP contribution in [0.4, 0.5) is 5.69 Å². The van der Waals surface area contributed by atoms with Gasteiger partial charge in [0.1, 0.15) is 0 Å². The molecule has 0 saturated heterocycles. The van der Waals surface area contributed by atoms with E-state index in [9.17, 15) is 0 Å². The van der Waals surface area contributed by atoms with E-state index in [4.69, 9.17) is 5.73 Å². The predicted molar refractivity (Wildman–Crippen MR) is 73.1 cm³/mol. The lowest BCUT2D eigenvalue weighted by molar-refractivity contribution is 1.37. The van der Waals surface area contributed by atoms with Crippen molar-refractivity contribution in [1.29, 1.82) is 0 Å². The molecular weight excluding hydrogens is 208 g/mol. The Morgan fingerprint density at radius 3 is 2.71 bits per heavy atom. The predicted octanol–water partition coefficient (Wildman–Crippen LogP) is 3.59. The van der Waals surface area contributed by atoms with Gasteiger partial charge in [-0.1, -0.05) is 18.2 Å². The molecule has 1 heterocycles. The lowest BCUT2D eigenvalue weighted by Crippen LogP contribution is -1.90. The van der Waals surface area contributed by atoms with Crippen LogP contribution in [0.25, 0.3) is 21.7 Å². The Morgan fingerprint density at radius 1 is 1.06 bits per heavy atom. The molecule has 0 spiro atoms. The van der Waals surface area contributed by atoms with Gasteiger partial charge in [-0.05, 0) is 42.5 Å². The van der Waals surface area contributed by atoms with Gasteiger partial charge in [-0.15, -0.1) is 0 Å². The van der Waals surface area contributed by atoms with Crippen molar-refractivity contribution in [3.63, 3.8) is 0 Å². The van der Waals surface area contributed by atoms with E-state index in [1.807, 2.05) is 18.3 Å². The van der Waals surface area contributed by atoms with Gasteiger partial charge < -0.3 is 5.73 Å². The van der Waals surface area contributed by atoms with Gasteiger partial charge in [0, 0.05) is 22.7 Å². The first-order valence-electron chi connectivity index (χ1n) is 5.71. The van der Waals surface area contributed by atoms with Crippen LogP contribution in [-0.2, 0) is 0 Å². The number of fused-ring (bicyclic) bond motifs is 3. The average Bonchev–Trinajstić information content (AvgIpc) is 2.33. The molecule has 1 aromatic heterocycles. The van der Waals surface area contributed by atoms with Crippen LogP contribution in [-0.4, -0.2) is 4.98 Å². The first-order valence-corrected chi connectivity index (χ1v) is 5.71. The Morgan fingerprint density at radius 2 is 1.88 bits per heavy atom. The van der Waals surface area contributed by atoms with E-state index in [1.165, 1.54) is 27.3 Å². The molecule has 0 fully saturated rings. The number of aryl methyl sites for hydroxylation is 2. The van der Waals surface area contributed by atoms with Crippen LogP contribution in [0.3, 0.4) is 0 Å². The van der Waals surface area contributed by atoms with Crippen LogP contribution < -0.4 is 5.73 Å². The molecular formula is C15H14N2. The van der Waals surface area contributed by atoms with Crippen molar-refractivity contribution < 1.29 is 0 Å². The Balaban J connectivity index is 2.58. The van der Waals surface area contributed by atoms with Gasteiger partial charge in [-0.2, -0.15) is 0 Å². The molecule has 0 atom stereocenters. The van der Waals surface area contributed by atoms with Gasteiger partial charge in [0.15, 0.2) is 0 Å². The highest BCUT2D eigenvalue weighted by Gasteiger charge is 2.06. The fourth-order valence-corrected chi connectivity index (χ4v) is 2.31. The zero-order chi connectivity index (χ0) is 12.0. The third-order valence-corrected chi connectivity index (χ3v) is 3.40. The number of nitrogens with two attached hydrogens (primary N) is 1. The molecule has 0 aliphatic heterocycles. The minimum Gasteiger partial charge on any atom is -0.399 e. The van der Waals surface area contributed by atoms with Crippen molar-refractivity contribution in [1.82, 2.24) is 4.98 Å². The van der Waals surface area contributed by atoms with Crippen LogP contribution in [0.1, 0.15) is 11.1 Å². The van der Waals surface area contributed by atoms with E-state index in [2.05, 4.69) is 37.0 Å². The van der Waals surface area contributed by atoms with Gasteiger partial charge in [-0.25, -0.2) is 0 Å². The molecule has 2 nitrogen and oxygen atoms in total. The van der Waals surface area contributed by atoms with Crippen LogP contribution in [0.15, 0.2) is 36.5 Å². The largest absolute Gasteiger partial charge is 0.399 e. The van der Waals surface area contributed by atoms with Crippen LogP contribution >= 0.6 is 0 Å². The van der Waals surface area contributed by atoms with Gasteiger partial charge in [0.25, 0.3) is 0 Å². The normalized spacial score (nSPS) is 11.2. The summed E-state index contributed by atoms with van der Waals surface area (Å²) in [5, 5.41) is 3.65. The van der Waals surface area contributed by atoms with Crippen molar-refractivity contribution >= 4 is 27.4 Å². The summed E-state index contributed by atoms with van der Waals surface area (Å²) in [6.07, 6.45) is 1.92. The van der Waals surface area contributed by atoms with E-state index in [0.29, 0.717) is 0 Å². The Bertz CT molecular complexity index is 730. The Hall–Kier alpha value is -2.09. The summed E-state index contributed by atoms with van der Waals surface area (Å²) in [5.74, 6) is 0. The maximum Gasteiger partial charge on any atom is 0.0729 e. The van der Waals surface area contributed by atoms with Crippen LogP contribution in [0.2, 0.25) is 0 Å². The summed E-state index contributed by atoms with van der Waals surface area (Å²) < 4.78 is 0. The first-order chi connectivity index (χ1) is 8.16. The zero-order valence-corrected chi connectivity index (χ0v) is 9.99. The molecule has 17 heavy (non-hydrogen) atoms. The maximum absolute atomic E-state index is 5.80. The van der Waals surface area contributed by atoms with Crippen molar-refractivity contribution in [2.75, 3.05) is 5.73 Å². The number of pyridine rings is 1. The highest BCUT2D eigenvalue weighted by atomic mass is 14.7. The fraction of sp³-hybridized carbons (Fsp3) is 0.133. The second kappa shape index (κ2) is 3.45. The Labute approximate surface area is 100 Å². The summed E-state index contributed by atoms with van der Waals surface area (Å²) >= 11 is 0. The first kappa shape index (κ1) is 10.1. The van der Waals surface area contributed by atoms with E-state index >= 15 is 0 Å². The van der Waals surface area contributed by atoms with Crippen LogP contribution in [0, 0.1) is 13.8 Å². The molecule has 2 aromatic carbocycles. The Kier molecular flexibility index (Phi) is 2.05. The van der Waals surface area contributed by atoms with Crippen molar-refractivity contribution in [3.8, 4) is 0 Å². The second-order valence-corrected chi connectivity index (χ2v) is 4.51. The smallest absolute Gasteiger partial charge is 0.0729 e. The van der Waals surface area contributed by atoms with Gasteiger partial charge >= 0.3 is 0 Å².